The smallest absolute Gasteiger partial charge is 0.313 e. The van der Waals surface area contributed by atoms with Gasteiger partial charge in [0.05, 0.1) is 24.2 Å². The number of rotatable bonds is 7. The first-order chi connectivity index (χ1) is 15.6. The van der Waals surface area contributed by atoms with E-state index < -0.39 is 5.92 Å². The summed E-state index contributed by atoms with van der Waals surface area (Å²) in [6.45, 7) is 6.43. The summed E-state index contributed by atoms with van der Waals surface area (Å²) in [4.78, 5) is 36.2. The quantitative estimate of drug-likeness (QED) is 0.530. The summed E-state index contributed by atoms with van der Waals surface area (Å²) in [5.41, 5.74) is 2.85. The molecule has 1 saturated heterocycles. The van der Waals surface area contributed by atoms with E-state index in [4.69, 9.17) is 4.74 Å². The molecule has 32 heavy (non-hydrogen) atoms. The Balaban J connectivity index is 1.37. The van der Waals surface area contributed by atoms with E-state index in [0.29, 0.717) is 25.6 Å². The highest BCUT2D eigenvalue weighted by molar-refractivity contribution is 5.86. The maximum Gasteiger partial charge on any atom is 0.313 e. The summed E-state index contributed by atoms with van der Waals surface area (Å²) in [5.74, 6) is 0.597. The topological polar surface area (TPSA) is 77.3 Å². The monoisotopic (exact) mass is 434 g/mol. The highest BCUT2D eigenvalue weighted by Gasteiger charge is 2.30. The van der Waals surface area contributed by atoms with Gasteiger partial charge in [0, 0.05) is 32.3 Å². The van der Waals surface area contributed by atoms with Crippen molar-refractivity contribution in [2.45, 2.75) is 45.6 Å². The van der Waals surface area contributed by atoms with Gasteiger partial charge in [0.25, 0.3) is 0 Å². The fourth-order valence-corrected chi connectivity index (χ4v) is 4.52. The van der Waals surface area contributed by atoms with Gasteiger partial charge in [-0.25, -0.2) is 4.98 Å². The number of esters is 1. The third-order valence-electron chi connectivity index (χ3n) is 6.30. The van der Waals surface area contributed by atoms with E-state index in [9.17, 15) is 9.59 Å². The lowest BCUT2D eigenvalue weighted by molar-refractivity contribution is -0.148. The highest BCUT2D eigenvalue weighted by Crippen LogP contribution is 2.26. The van der Waals surface area contributed by atoms with E-state index in [1.54, 1.807) is 19.3 Å². The summed E-state index contributed by atoms with van der Waals surface area (Å²) < 4.78 is 7.50. The predicted octanol–water partition coefficient (Wildman–Crippen LogP) is 3.72. The van der Waals surface area contributed by atoms with E-state index in [1.807, 2.05) is 48.2 Å². The number of aromatic nitrogens is 3. The lowest BCUT2D eigenvalue weighted by Gasteiger charge is -2.33. The zero-order chi connectivity index (χ0) is 22.5. The van der Waals surface area contributed by atoms with Crippen molar-refractivity contribution in [2.75, 3.05) is 19.7 Å². The summed E-state index contributed by atoms with van der Waals surface area (Å²) >= 11 is 0. The molecule has 2 aromatic heterocycles. The average molecular weight is 435 g/mol. The number of hydrogen-bond donors (Lipinski definition) is 0. The van der Waals surface area contributed by atoms with Crippen LogP contribution in [-0.4, -0.2) is 51.0 Å². The minimum Gasteiger partial charge on any atom is -0.466 e. The van der Waals surface area contributed by atoms with Crippen LogP contribution >= 0.6 is 0 Å². The van der Waals surface area contributed by atoms with Crippen LogP contribution in [0.15, 0.2) is 48.8 Å². The van der Waals surface area contributed by atoms with Crippen molar-refractivity contribution >= 4 is 22.9 Å². The van der Waals surface area contributed by atoms with Crippen molar-refractivity contribution in [3.63, 3.8) is 0 Å². The number of amides is 1. The van der Waals surface area contributed by atoms with Crippen molar-refractivity contribution in [3.8, 4) is 0 Å². The molecule has 0 radical (unpaired) electrons. The van der Waals surface area contributed by atoms with E-state index in [2.05, 4.69) is 14.5 Å². The SMILES string of the molecule is CCOC(=O)C(CC(=O)N1CCC(Cn2c(C)nc3cnccc32)CC1)c1ccccc1. The van der Waals surface area contributed by atoms with Gasteiger partial charge in [0.2, 0.25) is 5.91 Å². The number of benzene rings is 1. The number of likely N-dealkylation sites (tertiary alicyclic amines) is 1. The van der Waals surface area contributed by atoms with Crippen LogP contribution in [0.4, 0.5) is 0 Å². The van der Waals surface area contributed by atoms with Crippen LogP contribution in [-0.2, 0) is 20.9 Å². The van der Waals surface area contributed by atoms with E-state index in [0.717, 1.165) is 41.8 Å². The van der Waals surface area contributed by atoms with Gasteiger partial charge in [-0.05, 0) is 44.2 Å². The molecule has 1 aliphatic heterocycles. The van der Waals surface area contributed by atoms with Crippen LogP contribution in [0.25, 0.3) is 11.0 Å². The summed E-state index contributed by atoms with van der Waals surface area (Å²) in [6, 6.07) is 11.4. The van der Waals surface area contributed by atoms with Crippen LogP contribution in [0, 0.1) is 12.8 Å². The molecule has 0 aliphatic carbocycles. The Morgan fingerprint density at radius 2 is 1.91 bits per heavy atom. The molecule has 1 atom stereocenters. The highest BCUT2D eigenvalue weighted by atomic mass is 16.5. The van der Waals surface area contributed by atoms with Crippen molar-refractivity contribution in [1.82, 2.24) is 19.4 Å². The molecule has 1 fully saturated rings. The standard InChI is InChI=1S/C25H30N4O3/c1-3-32-25(31)21(20-7-5-4-6-8-20)15-24(30)28-13-10-19(11-14-28)17-29-18(2)27-22-16-26-12-9-23(22)29/h4-9,12,16,19,21H,3,10-11,13-15,17H2,1-2H3. The fourth-order valence-electron chi connectivity index (χ4n) is 4.52. The maximum absolute atomic E-state index is 13.0. The Morgan fingerprint density at radius 1 is 1.16 bits per heavy atom. The Kier molecular flexibility index (Phi) is 6.83. The number of hydrogen-bond acceptors (Lipinski definition) is 5. The van der Waals surface area contributed by atoms with Gasteiger partial charge in [-0.1, -0.05) is 30.3 Å². The molecule has 0 saturated carbocycles. The number of piperidine rings is 1. The average Bonchev–Trinajstić information content (AvgIpc) is 3.13. The second-order valence-corrected chi connectivity index (χ2v) is 8.38. The molecular formula is C25H30N4O3. The number of carbonyl (C=O) groups excluding carboxylic acids is 2. The van der Waals surface area contributed by atoms with E-state index >= 15 is 0 Å². The van der Waals surface area contributed by atoms with Gasteiger partial charge in [-0.2, -0.15) is 0 Å². The Labute approximate surface area is 188 Å². The lowest BCUT2D eigenvalue weighted by atomic mass is 9.93. The molecule has 4 rings (SSSR count). The Morgan fingerprint density at radius 3 is 2.62 bits per heavy atom. The molecule has 7 nitrogen and oxygen atoms in total. The first-order valence-electron chi connectivity index (χ1n) is 11.3. The number of pyridine rings is 1. The van der Waals surface area contributed by atoms with Crippen LogP contribution in [0.2, 0.25) is 0 Å². The molecule has 7 heteroatoms. The van der Waals surface area contributed by atoms with Crippen molar-refractivity contribution in [2.24, 2.45) is 5.92 Å². The number of aryl methyl sites for hydroxylation is 1. The number of carbonyl (C=O) groups is 2. The molecule has 3 heterocycles. The third-order valence-corrected chi connectivity index (χ3v) is 6.30. The van der Waals surface area contributed by atoms with Gasteiger partial charge < -0.3 is 14.2 Å². The normalized spacial score (nSPS) is 15.6. The molecule has 3 aromatic rings. The van der Waals surface area contributed by atoms with Crippen LogP contribution in [0.3, 0.4) is 0 Å². The Bertz CT molecular complexity index is 1070. The summed E-state index contributed by atoms with van der Waals surface area (Å²) in [6.07, 6.45) is 5.61. The van der Waals surface area contributed by atoms with Gasteiger partial charge in [0.15, 0.2) is 0 Å². The minimum absolute atomic E-state index is 0.0145. The number of ether oxygens (including phenoxy) is 1. The second kappa shape index (κ2) is 9.94. The lowest BCUT2D eigenvalue weighted by Crippen LogP contribution is -2.40. The third kappa shape index (κ3) is 4.82. The first-order valence-corrected chi connectivity index (χ1v) is 11.3. The van der Waals surface area contributed by atoms with Gasteiger partial charge in [-0.15, -0.1) is 0 Å². The molecule has 1 amide bonds. The zero-order valence-electron chi connectivity index (χ0n) is 18.7. The molecule has 1 unspecified atom stereocenters. The van der Waals surface area contributed by atoms with Crippen LogP contribution < -0.4 is 0 Å². The van der Waals surface area contributed by atoms with E-state index in [-0.39, 0.29) is 18.3 Å². The second-order valence-electron chi connectivity index (χ2n) is 8.38. The van der Waals surface area contributed by atoms with Crippen molar-refractivity contribution in [1.29, 1.82) is 0 Å². The molecule has 0 N–H and O–H groups in total. The molecule has 1 aromatic carbocycles. The van der Waals surface area contributed by atoms with Crippen molar-refractivity contribution < 1.29 is 14.3 Å². The first kappa shape index (κ1) is 22.0. The fraction of sp³-hybridized carbons (Fsp3) is 0.440. The zero-order valence-corrected chi connectivity index (χ0v) is 18.7. The van der Waals surface area contributed by atoms with Crippen LogP contribution in [0.1, 0.15) is 43.5 Å². The summed E-state index contributed by atoms with van der Waals surface area (Å²) in [5, 5.41) is 0. The largest absolute Gasteiger partial charge is 0.466 e. The number of fused-ring (bicyclic) bond motifs is 1. The van der Waals surface area contributed by atoms with Gasteiger partial charge in [-0.3, -0.25) is 14.6 Å². The molecule has 0 bridgehead atoms. The molecule has 0 spiro atoms. The molecule has 168 valence electrons. The van der Waals surface area contributed by atoms with E-state index in [1.165, 1.54) is 0 Å². The maximum atomic E-state index is 13.0. The minimum atomic E-state index is -0.560. The number of imidazole rings is 1. The van der Waals surface area contributed by atoms with Crippen LogP contribution in [0.5, 0.6) is 0 Å². The number of nitrogens with zero attached hydrogens (tertiary/aromatic N) is 4. The Hall–Kier alpha value is -3.22. The summed E-state index contributed by atoms with van der Waals surface area (Å²) in [7, 11) is 0. The van der Waals surface area contributed by atoms with Gasteiger partial charge in [0.1, 0.15) is 11.3 Å². The van der Waals surface area contributed by atoms with Crippen molar-refractivity contribution in [3.05, 3.63) is 60.2 Å². The molecule has 1 aliphatic rings. The predicted molar refractivity (Wildman–Crippen MR) is 122 cm³/mol. The molecular weight excluding hydrogens is 404 g/mol. The van der Waals surface area contributed by atoms with Gasteiger partial charge >= 0.3 is 5.97 Å².